The zero-order valence-corrected chi connectivity index (χ0v) is 37.7. The van der Waals surface area contributed by atoms with E-state index in [1.165, 1.54) is 12.1 Å². The van der Waals surface area contributed by atoms with Crippen molar-refractivity contribution in [1.29, 1.82) is 0 Å². The smallest absolute Gasteiger partial charge is 0.354 e. The molecule has 6 aromatic heterocycles. The third-order valence-corrected chi connectivity index (χ3v) is 11.2. The largest absolute Gasteiger partial charge is 0.477 e. The molecule has 0 aliphatic heterocycles. The molecule has 0 aliphatic carbocycles. The Balaban J connectivity index is 1.11. The van der Waals surface area contributed by atoms with Crippen LogP contribution in [0.25, 0.3) is 34.2 Å². The second-order valence-corrected chi connectivity index (χ2v) is 16.3. The fraction of sp³-hybridized carbons (Fsp3) is 0.167. The fourth-order valence-corrected chi connectivity index (χ4v) is 7.63. The molecule has 352 valence electrons. The van der Waals surface area contributed by atoms with Gasteiger partial charge in [-0.25, -0.2) is 29.3 Å². The number of hydrogen-bond acceptors (Lipinski definition) is 13. The van der Waals surface area contributed by atoms with Gasteiger partial charge >= 0.3 is 17.9 Å². The number of pyridine rings is 6. The Morgan fingerprint density at radius 1 is 0.429 bits per heavy atom. The van der Waals surface area contributed by atoms with Crippen molar-refractivity contribution in [3.8, 4) is 34.2 Å². The van der Waals surface area contributed by atoms with E-state index in [2.05, 4.69) is 34.8 Å². The first kappa shape index (κ1) is 48.1. The van der Waals surface area contributed by atoms with E-state index >= 15 is 0 Å². The van der Waals surface area contributed by atoms with Crippen molar-refractivity contribution < 1.29 is 43.9 Å². The van der Waals surface area contributed by atoms with Crippen LogP contribution in [-0.4, -0.2) is 93.4 Å². The number of ether oxygens (including phenoxy) is 3. The average molecular weight is 938 g/mol. The molecule has 16 heteroatoms. The zero-order valence-electron chi connectivity index (χ0n) is 37.7. The first-order chi connectivity index (χ1) is 34.1. The highest BCUT2D eigenvalue weighted by atomic mass is 16.5. The van der Waals surface area contributed by atoms with E-state index in [0.29, 0.717) is 52.8 Å². The van der Waals surface area contributed by atoms with Crippen molar-refractivity contribution in [2.45, 2.75) is 38.4 Å². The average Bonchev–Trinajstić information content (AvgIpc) is 3.39. The van der Waals surface area contributed by atoms with Crippen LogP contribution in [0.5, 0.6) is 0 Å². The number of carbonyl (C=O) groups is 3. The summed E-state index contributed by atoms with van der Waals surface area (Å²) in [5, 5.41) is 29.3. The predicted molar refractivity (Wildman–Crippen MR) is 257 cm³/mol. The van der Waals surface area contributed by atoms with Gasteiger partial charge in [-0.3, -0.25) is 19.9 Å². The number of aromatic nitrogens is 6. The van der Waals surface area contributed by atoms with Crippen molar-refractivity contribution in [2.75, 3.05) is 19.8 Å². The summed E-state index contributed by atoms with van der Waals surface area (Å²) in [4.78, 5) is 64.5. The minimum atomic E-state index is -1.21. The van der Waals surface area contributed by atoms with Gasteiger partial charge < -0.3 is 29.5 Å². The zero-order chi connectivity index (χ0) is 48.7. The van der Waals surface area contributed by atoms with Crippen LogP contribution in [0.4, 0.5) is 0 Å². The van der Waals surface area contributed by atoms with Crippen LogP contribution in [-0.2, 0) is 47.1 Å². The maximum absolute atomic E-state index is 12.7. The van der Waals surface area contributed by atoms with Crippen molar-refractivity contribution >= 4 is 17.9 Å². The molecule has 8 rings (SSSR count). The SMILES string of the molecule is O=C(O)c1cccc(-c2ccc(COCC(COCc3ccc(-c4cccc(C(=O)O)n4)nc3)(COCc3ccc(-c4ccccn4)nc3C(=O)O)N(Cc3ccccc3)Cc3ccccc3)cn2)n1. The third-order valence-electron chi connectivity index (χ3n) is 11.2. The Labute approximate surface area is 402 Å². The number of carboxylic acids is 3. The van der Waals surface area contributed by atoms with Gasteiger partial charge in [0, 0.05) is 37.2 Å². The Bertz CT molecular complexity index is 2870. The third kappa shape index (κ3) is 12.6. The van der Waals surface area contributed by atoms with Crippen LogP contribution in [0.15, 0.2) is 170 Å². The molecule has 0 aliphatic rings. The van der Waals surface area contributed by atoms with E-state index in [4.69, 9.17) is 14.2 Å². The molecule has 0 saturated heterocycles. The predicted octanol–water partition coefficient (Wildman–Crippen LogP) is 8.54. The van der Waals surface area contributed by atoms with E-state index in [1.54, 1.807) is 85.3 Å². The van der Waals surface area contributed by atoms with Crippen molar-refractivity contribution in [1.82, 2.24) is 34.8 Å². The lowest BCUT2D eigenvalue weighted by molar-refractivity contribution is -0.115. The molecule has 2 aromatic carbocycles. The first-order valence-electron chi connectivity index (χ1n) is 22.1. The summed E-state index contributed by atoms with van der Waals surface area (Å²) in [7, 11) is 0. The molecule has 70 heavy (non-hydrogen) atoms. The van der Waals surface area contributed by atoms with E-state index in [9.17, 15) is 29.7 Å². The quantitative estimate of drug-likeness (QED) is 0.0547. The molecule has 0 bridgehead atoms. The summed E-state index contributed by atoms with van der Waals surface area (Å²) in [5.74, 6) is -3.48. The molecule has 0 radical (unpaired) electrons. The Hall–Kier alpha value is -8.41. The van der Waals surface area contributed by atoms with Gasteiger partial charge in [-0.1, -0.05) is 97.1 Å². The minimum absolute atomic E-state index is 0.0132. The van der Waals surface area contributed by atoms with Gasteiger partial charge in [0.1, 0.15) is 11.4 Å². The van der Waals surface area contributed by atoms with Crippen LogP contribution in [0, 0.1) is 0 Å². The molecule has 0 fully saturated rings. The molecular formula is C54H47N7O9. The van der Waals surface area contributed by atoms with Crippen LogP contribution in [0.2, 0.25) is 0 Å². The van der Waals surface area contributed by atoms with E-state index in [-0.39, 0.29) is 56.7 Å². The van der Waals surface area contributed by atoms with Crippen LogP contribution < -0.4 is 0 Å². The standard InChI is InChI=1S/C54H47N7O9/c62-51(63)48-18-9-16-45(58-48)43-23-20-39(27-56-43)31-68-34-54(61(29-37-11-3-1-4-12-37)30-38-13-5-2-6-14-38,35-69-32-40-21-24-44(57-28-40)46-17-10-19-49(59-46)52(64)65)36-70-33-41-22-25-47(60-50(41)53(66)67)42-15-7-8-26-55-42/h1-28H,29-36H2,(H,62,63)(H,64,65)(H,66,67). The Morgan fingerprint density at radius 2 is 0.886 bits per heavy atom. The summed E-state index contributed by atoms with van der Waals surface area (Å²) < 4.78 is 19.9. The summed E-state index contributed by atoms with van der Waals surface area (Å²) in [6, 6.07) is 45.4. The molecular weight excluding hydrogens is 891 g/mol. The van der Waals surface area contributed by atoms with Gasteiger partial charge in [-0.05, 0) is 76.9 Å². The summed E-state index contributed by atoms with van der Waals surface area (Å²) in [5.41, 5.74) is 5.28. The number of benzene rings is 2. The topological polar surface area (TPSA) is 220 Å². The number of rotatable bonds is 23. The molecule has 0 saturated carbocycles. The normalized spacial score (nSPS) is 11.4. The van der Waals surface area contributed by atoms with Crippen molar-refractivity contribution in [2.24, 2.45) is 0 Å². The second-order valence-electron chi connectivity index (χ2n) is 16.3. The summed E-state index contributed by atoms with van der Waals surface area (Å²) >= 11 is 0. The molecule has 6 heterocycles. The highest BCUT2D eigenvalue weighted by Gasteiger charge is 2.39. The first-order valence-corrected chi connectivity index (χ1v) is 22.1. The maximum Gasteiger partial charge on any atom is 0.354 e. The van der Waals surface area contributed by atoms with E-state index in [1.807, 2.05) is 72.8 Å². The highest BCUT2D eigenvalue weighted by molar-refractivity contribution is 5.88. The van der Waals surface area contributed by atoms with Gasteiger partial charge in [0.05, 0.1) is 79.3 Å². The Morgan fingerprint density at radius 3 is 1.34 bits per heavy atom. The monoisotopic (exact) mass is 937 g/mol. The summed E-state index contributed by atoms with van der Waals surface area (Å²) in [6.07, 6.45) is 4.93. The molecule has 16 nitrogen and oxygen atoms in total. The lowest BCUT2D eigenvalue weighted by Gasteiger charge is -2.43. The number of carboxylic acid groups (broad SMARTS) is 3. The molecule has 0 atom stereocenters. The van der Waals surface area contributed by atoms with Crippen molar-refractivity contribution in [3.63, 3.8) is 0 Å². The van der Waals surface area contributed by atoms with Crippen LogP contribution >= 0.6 is 0 Å². The van der Waals surface area contributed by atoms with E-state index in [0.717, 1.165) is 22.3 Å². The van der Waals surface area contributed by atoms with E-state index < -0.39 is 23.4 Å². The minimum Gasteiger partial charge on any atom is -0.477 e. The summed E-state index contributed by atoms with van der Waals surface area (Å²) in [6.45, 7) is 1.21. The molecule has 0 spiro atoms. The lowest BCUT2D eigenvalue weighted by atomic mass is 9.97. The van der Waals surface area contributed by atoms with Crippen molar-refractivity contribution in [3.05, 3.63) is 215 Å². The lowest BCUT2D eigenvalue weighted by Crippen LogP contribution is -2.58. The molecule has 0 amide bonds. The van der Waals surface area contributed by atoms with Gasteiger partial charge in [-0.15, -0.1) is 0 Å². The second kappa shape index (κ2) is 23.1. The number of hydrogen-bond donors (Lipinski definition) is 3. The van der Waals surface area contributed by atoms with Gasteiger partial charge in [0.15, 0.2) is 5.69 Å². The Kier molecular flexibility index (Phi) is 15.8. The highest BCUT2D eigenvalue weighted by Crippen LogP contribution is 2.28. The van der Waals surface area contributed by atoms with Gasteiger partial charge in [-0.2, -0.15) is 0 Å². The maximum atomic E-state index is 12.7. The van der Waals surface area contributed by atoms with Gasteiger partial charge in [0.25, 0.3) is 0 Å². The number of aromatic carboxylic acids is 3. The van der Waals surface area contributed by atoms with Gasteiger partial charge in [0.2, 0.25) is 0 Å². The molecule has 3 N–H and O–H groups in total. The number of nitrogens with zero attached hydrogens (tertiary/aromatic N) is 7. The molecule has 0 unspecified atom stereocenters. The molecule has 8 aromatic rings. The fourth-order valence-electron chi connectivity index (χ4n) is 7.63. The van der Waals surface area contributed by atoms with Crippen LogP contribution in [0.3, 0.4) is 0 Å². The van der Waals surface area contributed by atoms with Crippen LogP contribution in [0.1, 0.15) is 59.3 Å².